The third kappa shape index (κ3) is 4.33. The molecule has 0 aliphatic heterocycles. The first-order valence-electron chi connectivity index (χ1n) is 6.03. The Morgan fingerprint density at radius 2 is 2.39 bits per heavy atom. The van der Waals surface area contributed by atoms with Gasteiger partial charge in [0, 0.05) is 24.5 Å². The Bertz CT molecular complexity index is 399. The van der Waals surface area contributed by atoms with Crippen molar-refractivity contribution in [2.45, 2.75) is 32.9 Å². The molecule has 0 saturated carbocycles. The lowest BCUT2D eigenvalue weighted by molar-refractivity contribution is -0.143. The van der Waals surface area contributed by atoms with Gasteiger partial charge in [-0.05, 0) is 12.3 Å². The summed E-state index contributed by atoms with van der Waals surface area (Å²) in [6.45, 7) is 8.36. The molecular weight excluding hydrogens is 230 g/mol. The Morgan fingerprint density at radius 3 is 2.89 bits per heavy atom. The standard InChI is InChI=1S/C13H21N3O2/c1-5-16-9-11(8-15-16)7-14-12(6-10(2)3)13(17)18-4/h5,8-10,12,14H,1,6-7H2,2-4H3. The lowest BCUT2D eigenvalue weighted by atomic mass is 10.0. The van der Waals surface area contributed by atoms with E-state index in [1.165, 1.54) is 7.11 Å². The molecule has 1 aromatic rings. The van der Waals surface area contributed by atoms with Crippen molar-refractivity contribution in [3.8, 4) is 0 Å². The number of carbonyl (C=O) groups excluding carboxylic acids is 1. The van der Waals surface area contributed by atoms with Crippen molar-refractivity contribution in [2.24, 2.45) is 5.92 Å². The second kappa shape index (κ2) is 6.96. The molecule has 1 N–H and O–H groups in total. The molecule has 18 heavy (non-hydrogen) atoms. The van der Waals surface area contributed by atoms with Crippen molar-refractivity contribution in [3.05, 3.63) is 24.5 Å². The Labute approximate surface area is 108 Å². The second-order valence-corrected chi connectivity index (χ2v) is 4.60. The lowest BCUT2D eigenvalue weighted by Gasteiger charge is -2.17. The molecule has 1 unspecified atom stereocenters. The van der Waals surface area contributed by atoms with Gasteiger partial charge >= 0.3 is 5.97 Å². The Hall–Kier alpha value is -1.62. The fourth-order valence-corrected chi connectivity index (χ4v) is 1.69. The van der Waals surface area contributed by atoms with Crippen molar-refractivity contribution in [1.82, 2.24) is 15.1 Å². The molecule has 0 saturated heterocycles. The van der Waals surface area contributed by atoms with E-state index < -0.39 is 0 Å². The molecule has 0 aliphatic carbocycles. The van der Waals surface area contributed by atoms with Crippen LogP contribution in [0.2, 0.25) is 0 Å². The lowest BCUT2D eigenvalue weighted by Crippen LogP contribution is -2.38. The summed E-state index contributed by atoms with van der Waals surface area (Å²) in [5, 5.41) is 7.27. The number of nitrogens with one attached hydrogen (secondary N) is 1. The topological polar surface area (TPSA) is 56.2 Å². The number of carbonyl (C=O) groups is 1. The van der Waals surface area contributed by atoms with Gasteiger partial charge in [-0.2, -0.15) is 5.10 Å². The second-order valence-electron chi connectivity index (χ2n) is 4.60. The number of methoxy groups -OCH3 is 1. The Kier molecular flexibility index (Phi) is 5.58. The smallest absolute Gasteiger partial charge is 0.322 e. The number of hydrogen-bond acceptors (Lipinski definition) is 4. The summed E-state index contributed by atoms with van der Waals surface area (Å²) >= 11 is 0. The van der Waals surface area contributed by atoms with Crippen LogP contribution < -0.4 is 5.32 Å². The van der Waals surface area contributed by atoms with Crippen LogP contribution in [0, 0.1) is 5.92 Å². The van der Waals surface area contributed by atoms with Crippen molar-refractivity contribution in [1.29, 1.82) is 0 Å². The first-order chi connectivity index (χ1) is 8.56. The highest BCUT2D eigenvalue weighted by molar-refractivity contribution is 5.75. The molecule has 0 spiro atoms. The van der Waals surface area contributed by atoms with Gasteiger partial charge in [0.1, 0.15) is 6.04 Å². The van der Waals surface area contributed by atoms with Crippen LogP contribution in [0.15, 0.2) is 19.0 Å². The van der Waals surface area contributed by atoms with Crippen LogP contribution in [-0.4, -0.2) is 28.9 Å². The first-order valence-corrected chi connectivity index (χ1v) is 6.03. The van der Waals surface area contributed by atoms with Gasteiger partial charge in [0.25, 0.3) is 0 Å². The maximum Gasteiger partial charge on any atom is 0.322 e. The van der Waals surface area contributed by atoms with Crippen molar-refractivity contribution >= 4 is 12.2 Å². The fraction of sp³-hybridized carbons (Fsp3) is 0.538. The van der Waals surface area contributed by atoms with Gasteiger partial charge in [-0.1, -0.05) is 20.4 Å². The van der Waals surface area contributed by atoms with E-state index in [1.54, 1.807) is 17.1 Å². The predicted molar refractivity (Wildman–Crippen MR) is 70.7 cm³/mol. The summed E-state index contributed by atoms with van der Waals surface area (Å²) in [6, 6.07) is -0.276. The molecule has 100 valence electrons. The van der Waals surface area contributed by atoms with Crippen LogP contribution in [0.5, 0.6) is 0 Å². The highest BCUT2D eigenvalue weighted by Crippen LogP contribution is 2.07. The maximum absolute atomic E-state index is 11.6. The molecule has 1 heterocycles. The third-order valence-corrected chi connectivity index (χ3v) is 2.59. The summed E-state index contributed by atoms with van der Waals surface area (Å²) in [6.07, 6.45) is 5.99. The number of esters is 1. The van der Waals surface area contributed by atoms with Crippen LogP contribution in [0.4, 0.5) is 0 Å². The van der Waals surface area contributed by atoms with E-state index in [9.17, 15) is 4.79 Å². The molecule has 5 nitrogen and oxygen atoms in total. The zero-order valence-electron chi connectivity index (χ0n) is 11.2. The van der Waals surface area contributed by atoms with Crippen molar-refractivity contribution < 1.29 is 9.53 Å². The zero-order chi connectivity index (χ0) is 13.5. The van der Waals surface area contributed by atoms with Gasteiger partial charge in [0.15, 0.2) is 0 Å². The van der Waals surface area contributed by atoms with E-state index >= 15 is 0 Å². The van der Waals surface area contributed by atoms with E-state index in [0.29, 0.717) is 12.5 Å². The maximum atomic E-state index is 11.6. The molecular formula is C13H21N3O2. The fourth-order valence-electron chi connectivity index (χ4n) is 1.69. The number of nitrogens with zero attached hydrogens (tertiary/aromatic N) is 2. The highest BCUT2D eigenvalue weighted by Gasteiger charge is 2.19. The predicted octanol–water partition coefficient (Wildman–Crippen LogP) is 1.66. The molecule has 0 fully saturated rings. The molecule has 0 radical (unpaired) electrons. The average Bonchev–Trinajstić information content (AvgIpc) is 2.81. The monoisotopic (exact) mass is 251 g/mol. The van der Waals surface area contributed by atoms with E-state index in [1.807, 2.05) is 6.20 Å². The van der Waals surface area contributed by atoms with Gasteiger partial charge in [-0.25, -0.2) is 4.68 Å². The molecule has 1 rings (SSSR count). The van der Waals surface area contributed by atoms with Crippen molar-refractivity contribution in [3.63, 3.8) is 0 Å². The van der Waals surface area contributed by atoms with E-state index in [4.69, 9.17) is 4.74 Å². The minimum Gasteiger partial charge on any atom is -0.468 e. The van der Waals surface area contributed by atoms with Crippen LogP contribution in [0.25, 0.3) is 6.20 Å². The van der Waals surface area contributed by atoms with E-state index in [-0.39, 0.29) is 12.0 Å². The molecule has 0 aliphatic rings. The zero-order valence-corrected chi connectivity index (χ0v) is 11.2. The molecule has 5 heteroatoms. The minimum atomic E-state index is -0.276. The Morgan fingerprint density at radius 1 is 1.67 bits per heavy atom. The van der Waals surface area contributed by atoms with Crippen molar-refractivity contribution in [2.75, 3.05) is 7.11 Å². The molecule has 1 atom stereocenters. The quantitative estimate of drug-likeness (QED) is 0.749. The number of hydrogen-bond donors (Lipinski definition) is 1. The number of rotatable bonds is 7. The van der Waals surface area contributed by atoms with Gasteiger partial charge in [0.05, 0.1) is 13.3 Å². The molecule has 0 aromatic carbocycles. The highest BCUT2D eigenvalue weighted by atomic mass is 16.5. The molecule has 1 aromatic heterocycles. The van der Waals surface area contributed by atoms with E-state index in [0.717, 1.165) is 12.0 Å². The summed E-state index contributed by atoms with van der Waals surface area (Å²) < 4.78 is 6.42. The minimum absolute atomic E-state index is 0.222. The van der Waals surface area contributed by atoms with Crippen LogP contribution in [0.3, 0.4) is 0 Å². The molecule has 0 amide bonds. The van der Waals surface area contributed by atoms with Crippen LogP contribution in [0.1, 0.15) is 25.8 Å². The van der Waals surface area contributed by atoms with Crippen LogP contribution >= 0.6 is 0 Å². The summed E-state index contributed by atoms with van der Waals surface area (Å²) in [5.41, 5.74) is 1.01. The van der Waals surface area contributed by atoms with Gasteiger partial charge < -0.3 is 10.1 Å². The van der Waals surface area contributed by atoms with E-state index in [2.05, 4.69) is 30.8 Å². The van der Waals surface area contributed by atoms with Gasteiger partial charge in [0.2, 0.25) is 0 Å². The average molecular weight is 251 g/mol. The summed E-state index contributed by atoms with van der Waals surface area (Å²) in [5.74, 6) is 0.206. The SMILES string of the molecule is C=Cn1cc(CNC(CC(C)C)C(=O)OC)cn1. The van der Waals surface area contributed by atoms with Gasteiger partial charge in [-0.3, -0.25) is 4.79 Å². The number of ether oxygens (including phenoxy) is 1. The Balaban J connectivity index is 2.55. The summed E-state index contributed by atoms with van der Waals surface area (Å²) in [7, 11) is 1.41. The largest absolute Gasteiger partial charge is 0.468 e. The number of aromatic nitrogens is 2. The van der Waals surface area contributed by atoms with Crippen LogP contribution in [-0.2, 0) is 16.1 Å². The normalized spacial score (nSPS) is 12.4. The molecule has 0 bridgehead atoms. The summed E-state index contributed by atoms with van der Waals surface area (Å²) in [4.78, 5) is 11.6. The third-order valence-electron chi connectivity index (χ3n) is 2.59. The first kappa shape index (κ1) is 14.4. The van der Waals surface area contributed by atoms with Gasteiger partial charge in [-0.15, -0.1) is 0 Å².